The van der Waals surface area contributed by atoms with Crippen LogP contribution in [0.3, 0.4) is 0 Å². The molecule has 3 aliphatic rings. The van der Waals surface area contributed by atoms with Crippen LogP contribution >= 0.6 is 12.6 Å². The first-order valence-electron chi connectivity index (χ1n) is 19.5. The van der Waals surface area contributed by atoms with E-state index in [2.05, 4.69) is 54.3 Å². The molecule has 3 aliphatic heterocycles. The van der Waals surface area contributed by atoms with E-state index in [9.17, 15) is 27.6 Å². The summed E-state index contributed by atoms with van der Waals surface area (Å²) in [4.78, 5) is 45.4. The van der Waals surface area contributed by atoms with Crippen LogP contribution in [0.2, 0.25) is 0 Å². The van der Waals surface area contributed by atoms with E-state index < -0.39 is 17.6 Å². The average Bonchev–Trinajstić information content (AvgIpc) is 3.50. The van der Waals surface area contributed by atoms with E-state index in [4.69, 9.17) is 17.4 Å². The molecule has 2 unspecified atom stereocenters. The van der Waals surface area contributed by atoms with E-state index in [1.54, 1.807) is 18.2 Å². The number of pyridine rings is 1. The van der Waals surface area contributed by atoms with Gasteiger partial charge in [-0.1, -0.05) is 30.3 Å². The van der Waals surface area contributed by atoms with Crippen LogP contribution in [0.1, 0.15) is 94.6 Å². The molecule has 0 spiro atoms. The number of hydrogen-bond acceptors (Lipinski definition) is 10. The summed E-state index contributed by atoms with van der Waals surface area (Å²) in [5.74, 6) is 0.107. The largest absolute Gasteiger partial charge is 0.489 e. The lowest BCUT2D eigenvalue weighted by atomic mass is 9.86. The third kappa shape index (κ3) is 8.96. The van der Waals surface area contributed by atoms with E-state index in [1.165, 1.54) is 30.3 Å². The van der Waals surface area contributed by atoms with Gasteiger partial charge in [0.15, 0.2) is 0 Å². The summed E-state index contributed by atoms with van der Waals surface area (Å²) >= 11 is 4.90. The van der Waals surface area contributed by atoms with E-state index >= 15 is 0 Å². The van der Waals surface area contributed by atoms with Crippen molar-refractivity contribution in [1.82, 2.24) is 25.4 Å². The first-order chi connectivity index (χ1) is 27.7. The number of hydrogen-bond donors (Lipinski definition) is 5. The second-order valence-electron chi connectivity index (χ2n) is 15.5. The summed E-state index contributed by atoms with van der Waals surface area (Å²) in [7, 11) is 1.46. The molecular weight excluding hydrogens is 768 g/mol. The van der Waals surface area contributed by atoms with E-state index in [0.29, 0.717) is 30.8 Å². The molecule has 11 nitrogen and oxygen atoms in total. The molecule has 4 heterocycles. The molecule has 4 N–H and O–H groups in total. The summed E-state index contributed by atoms with van der Waals surface area (Å²) in [6.07, 6.45) is -1.40. The van der Waals surface area contributed by atoms with E-state index in [-0.39, 0.29) is 58.0 Å². The molecule has 0 bridgehead atoms. The number of piperidine rings is 2. The summed E-state index contributed by atoms with van der Waals surface area (Å²) in [6, 6.07) is 17.8. The van der Waals surface area contributed by atoms with Crippen molar-refractivity contribution < 1.29 is 32.3 Å². The van der Waals surface area contributed by atoms with Crippen LogP contribution in [-0.4, -0.2) is 64.8 Å². The topological polar surface area (TPSA) is 128 Å². The number of anilines is 4. The Hall–Kier alpha value is -5.12. The number of alkyl halides is 3. The maximum absolute atomic E-state index is 14.2. The number of halogens is 3. The standard InChI is InChI=1S/C43H48F3N7O4S/c1-24(2)57-37-19-30(25(3)17-35(37)50-38-20-34(32(21-48-38)43(44,45)46)49-33-8-6-5-7-29(33)40(55)47-4)27-13-15-52(16-14-27)22-26-9-10-28-23-53(42(58)31(28)18-26)36-11-12-39(54)51-41(36)56/h5-10,17-21,24,27,36,42,58H,11-16,22-23H2,1-4H3,(H,47,55)(H2,48,49,50)(H,51,54,56). The van der Waals surface area contributed by atoms with Crippen LogP contribution in [0.5, 0.6) is 5.75 Å². The lowest BCUT2D eigenvalue weighted by molar-refractivity contribution is -0.138. The summed E-state index contributed by atoms with van der Waals surface area (Å²) < 4.78 is 48.8. The van der Waals surface area contributed by atoms with Gasteiger partial charge in [-0.05, 0) is 111 Å². The van der Waals surface area contributed by atoms with Gasteiger partial charge in [0.25, 0.3) is 5.91 Å². The molecule has 2 saturated heterocycles. The van der Waals surface area contributed by atoms with Crippen molar-refractivity contribution in [3.63, 3.8) is 0 Å². The van der Waals surface area contributed by atoms with Crippen molar-refractivity contribution >= 4 is 53.2 Å². The maximum atomic E-state index is 14.2. The summed E-state index contributed by atoms with van der Waals surface area (Å²) in [5.41, 5.74) is 5.40. The molecule has 58 heavy (non-hydrogen) atoms. The zero-order valence-corrected chi connectivity index (χ0v) is 33.8. The smallest absolute Gasteiger partial charge is 0.419 e. The third-order valence-electron chi connectivity index (χ3n) is 11.1. The van der Waals surface area contributed by atoms with Gasteiger partial charge < -0.3 is 20.7 Å². The second kappa shape index (κ2) is 17.0. The highest BCUT2D eigenvalue weighted by atomic mass is 32.1. The van der Waals surface area contributed by atoms with Gasteiger partial charge in [0.05, 0.1) is 45.7 Å². The molecule has 3 amide bonds. The van der Waals surface area contributed by atoms with Gasteiger partial charge in [-0.15, -0.1) is 0 Å². The fourth-order valence-corrected chi connectivity index (χ4v) is 8.66. The van der Waals surface area contributed by atoms with Gasteiger partial charge >= 0.3 is 6.18 Å². The third-order valence-corrected chi connectivity index (χ3v) is 11.6. The van der Waals surface area contributed by atoms with Crippen molar-refractivity contribution in [2.24, 2.45) is 0 Å². The second-order valence-corrected chi connectivity index (χ2v) is 15.9. The molecule has 4 aromatic rings. The number of amides is 3. The lowest BCUT2D eigenvalue weighted by Crippen LogP contribution is -2.51. The molecule has 0 saturated carbocycles. The predicted octanol–water partition coefficient (Wildman–Crippen LogP) is 7.97. The van der Waals surface area contributed by atoms with Crippen molar-refractivity contribution in [1.29, 1.82) is 0 Å². The molecule has 0 aliphatic carbocycles. The first-order valence-corrected chi connectivity index (χ1v) is 20.0. The number of fused-ring (bicyclic) bond motifs is 1. The predicted molar refractivity (Wildman–Crippen MR) is 220 cm³/mol. The Morgan fingerprint density at radius 1 is 0.983 bits per heavy atom. The van der Waals surface area contributed by atoms with Gasteiger partial charge in [0.2, 0.25) is 11.8 Å². The number of carbonyl (C=O) groups is 3. The molecule has 7 rings (SSSR count). The highest BCUT2D eigenvalue weighted by Crippen LogP contribution is 2.42. The number of ether oxygens (including phenoxy) is 1. The van der Waals surface area contributed by atoms with Crippen molar-refractivity contribution in [3.8, 4) is 5.75 Å². The Kier molecular flexibility index (Phi) is 12.0. The van der Waals surface area contributed by atoms with Crippen LogP contribution in [0.25, 0.3) is 0 Å². The number of rotatable bonds is 11. The number of aryl methyl sites for hydroxylation is 1. The Morgan fingerprint density at radius 2 is 1.74 bits per heavy atom. The number of para-hydroxylation sites is 1. The highest BCUT2D eigenvalue weighted by molar-refractivity contribution is 7.80. The van der Waals surface area contributed by atoms with Crippen molar-refractivity contribution in [3.05, 3.63) is 106 Å². The number of imide groups is 1. The van der Waals surface area contributed by atoms with Gasteiger partial charge in [-0.3, -0.25) is 29.5 Å². The van der Waals surface area contributed by atoms with E-state index in [1.807, 2.05) is 32.9 Å². The number of thiol groups is 1. The van der Waals surface area contributed by atoms with Crippen molar-refractivity contribution in [2.45, 2.75) is 89.2 Å². The zero-order valence-electron chi connectivity index (χ0n) is 32.9. The van der Waals surface area contributed by atoms with Gasteiger partial charge in [-0.2, -0.15) is 25.8 Å². The molecule has 306 valence electrons. The van der Waals surface area contributed by atoms with Crippen LogP contribution in [0.4, 0.5) is 36.1 Å². The monoisotopic (exact) mass is 815 g/mol. The lowest BCUT2D eigenvalue weighted by Gasteiger charge is -2.33. The number of nitrogens with one attached hydrogen (secondary N) is 4. The maximum Gasteiger partial charge on any atom is 0.419 e. The first kappa shape index (κ1) is 41.1. The minimum absolute atomic E-state index is 0.168. The average molecular weight is 816 g/mol. The van der Waals surface area contributed by atoms with Crippen LogP contribution in [0.15, 0.2) is 66.9 Å². The van der Waals surface area contributed by atoms with Gasteiger partial charge in [0, 0.05) is 38.8 Å². The molecule has 2 atom stereocenters. The van der Waals surface area contributed by atoms with Crippen LogP contribution in [0, 0.1) is 6.92 Å². The van der Waals surface area contributed by atoms with Crippen LogP contribution < -0.4 is 26.0 Å². The Labute approximate surface area is 341 Å². The molecule has 1 aromatic heterocycles. The van der Waals surface area contributed by atoms with Gasteiger partial charge in [-0.25, -0.2) is 4.98 Å². The fourth-order valence-electron chi connectivity index (χ4n) is 8.18. The molecule has 3 aromatic carbocycles. The Bertz CT molecular complexity index is 2210. The fraction of sp³-hybridized carbons (Fsp3) is 0.395. The minimum atomic E-state index is -4.70. The zero-order chi connectivity index (χ0) is 41.3. The number of benzene rings is 3. The minimum Gasteiger partial charge on any atom is -0.489 e. The normalized spacial score (nSPS) is 19.2. The summed E-state index contributed by atoms with van der Waals surface area (Å²) in [6.45, 7) is 9.07. The number of carbonyl (C=O) groups excluding carboxylic acids is 3. The quantitative estimate of drug-likeness (QED) is 0.0757. The summed E-state index contributed by atoms with van der Waals surface area (Å²) in [5, 5.41) is 10.8. The Morgan fingerprint density at radius 3 is 2.45 bits per heavy atom. The number of aromatic nitrogens is 1. The highest BCUT2D eigenvalue weighted by Gasteiger charge is 2.39. The van der Waals surface area contributed by atoms with E-state index in [0.717, 1.165) is 55.4 Å². The van der Waals surface area contributed by atoms with Crippen LogP contribution in [-0.2, 0) is 28.9 Å². The number of nitrogens with zero attached hydrogens (tertiary/aromatic N) is 3. The molecular formula is C43H48F3N7O4S. The SMILES string of the molecule is CNC(=O)c1ccccc1Nc1cc(Nc2cc(C)c(C3CCN(Cc4ccc5c(c4)C(S)N(C4CCC(=O)NC4=O)C5)CC3)cc2OC(C)C)ncc1C(F)(F)F. The molecule has 0 radical (unpaired) electrons. The Balaban J connectivity index is 1.05. The molecule has 2 fully saturated rings. The van der Waals surface area contributed by atoms with Gasteiger partial charge in [0.1, 0.15) is 11.6 Å². The van der Waals surface area contributed by atoms with Crippen molar-refractivity contribution in [2.75, 3.05) is 30.8 Å². The molecule has 15 heteroatoms. The number of likely N-dealkylation sites (tertiary alicyclic amines) is 1.